The summed E-state index contributed by atoms with van der Waals surface area (Å²) in [6, 6.07) is 3.50. The smallest absolute Gasteiger partial charge is 0.227 e. The number of rotatable bonds is 4. The van der Waals surface area contributed by atoms with Gasteiger partial charge in [0.15, 0.2) is 11.6 Å². The summed E-state index contributed by atoms with van der Waals surface area (Å²) in [5, 5.41) is 0. The van der Waals surface area contributed by atoms with Gasteiger partial charge in [-0.25, -0.2) is 8.78 Å². The van der Waals surface area contributed by atoms with Crippen LogP contribution in [0.2, 0.25) is 0 Å². The molecule has 0 aromatic heterocycles. The van der Waals surface area contributed by atoms with Crippen molar-refractivity contribution in [1.82, 2.24) is 9.80 Å². The molecular weight excluding hydrogens is 302 g/mol. The molecule has 124 valence electrons. The van der Waals surface area contributed by atoms with Crippen LogP contribution in [0.1, 0.15) is 24.8 Å². The van der Waals surface area contributed by atoms with Crippen LogP contribution in [0.3, 0.4) is 0 Å². The molecule has 1 aromatic rings. The minimum atomic E-state index is -0.947. The molecule has 2 amide bonds. The lowest BCUT2D eigenvalue weighted by atomic mass is 10.1. The number of carbonyl (C=O) groups is 2. The molecule has 2 fully saturated rings. The van der Waals surface area contributed by atoms with Gasteiger partial charge in [0.2, 0.25) is 11.8 Å². The van der Waals surface area contributed by atoms with Gasteiger partial charge in [0.25, 0.3) is 0 Å². The van der Waals surface area contributed by atoms with Crippen LogP contribution in [0.15, 0.2) is 18.2 Å². The summed E-state index contributed by atoms with van der Waals surface area (Å²) in [5.41, 5.74) is 0.444. The molecule has 1 aliphatic carbocycles. The van der Waals surface area contributed by atoms with E-state index >= 15 is 0 Å². The first-order chi connectivity index (χ1) is 11.0. The molecule has 0 bridgehead atoms. The Morgan fingerprint density at radius 3 is 2.61 bits per heavy atom. The van der Waals surface area contributed by atoms with E-state index in [0.29, 0.717) is 37.5 Å². The Bertz CT molecular complexity index is 617. The highest BCUT2D eigenvalue weighted by atomic mass is 19.2. The Hall–Kier alpha value is -1.98. The molecule has 6 heteroatoms. The molecule has 0 unspecified atom stereocenters. The number of hydrogen-bond donors (Lipinski definition) is 0. The maximum Gasteiger partial charge on any atom is 0.227 e. The first-order valence-corrected chi connectivity index (χ1v) is 8.02. The second-order valence-corrected chi connectivity index (χ2v) is 6.34. The first-order valence-electron chi connectivity index (χ1n) is 8.02. The van der Waals surface area contributed by atoms with E-state index in [9.17, 15) is 18.4 Å². The lowest BCUT2D eigenvalue weighted by molar-refractivity contribution is -0.130. The van der Waals surface area contributed by atoms with Crippen molar-refractivity contribution in [2.24, 2.45) is 5.92 Å². The van der Waals surface area contributed by atoms with Gasteiger partial charge in [-0.05, 0) is 36.5 Å². The number of hydrogen-bond acceptors (Lipinski definition) is 2. The van der Waals surface area contributed by atoms with E-state index in [1.54, 1.807) is 4.90 Å². The molecule has 1 heterocycles. The van der Waals surface area contributed by atoms with Gasteiger partial charge in [-0.1, -0.05) is 6.07 Å². The maximum absolute atomic E-state index is 13.2. The lowest BCUT2D eigenvalue weighted by Gasteiger charge is -2.22. The largest absolute Gasteiger partial charge is 0.341 e. The van der Waals surface area contributed by atoms with Crippen molar-refractivity contribution in [3.05, 3.63) is 35.4 Å². The molecule has 0 radical (unpaired) electrons. The maximum atomic E-state index is 13.2. The van der Waals surface area contributed by atoms with Crippen molar-refractivity contribution in [3.8, 4) is 0 Å². The van der Waals surface area contributed by atoms with Crippen LogP contribution in [0.25, 0.3) is 0 Å². The van der Waals surface area contributed by atoms with Crippen molar-refractivity contribution in [3.63, 3.8) is 0 Å². The predicted molar refractivity (Wildman–Crippen MR) is 80.6 cm³/mol. The minimum absolute atomic E-state index is 0.0218. The van der Waals surface area contributed by atoms with Gasteiger partial charge in [-0.2, -0.15) is 0 Å². The Labute approximate surface area is 134 Å². The molecule has 23 heavy (non-hydrogen) atoms. The Morgan fingerprint density at radius 2 is 1.91 bits per heavy atom. The molecule has 1 aromatic carbocycles. The van der Waals surface area contributed by atoms with Gasteiger partial charge in [0, 0.05) is 32.6 Å². The van der Waals surface area contributed by atoms with Crippen molar-refractivity contribution in [1.29, 1.82) is 0 Å². The quantitative estimate of drug-likeness (QED) is 0.850. The van der Waals surface area contributed by atoms with E-state index in [2.05, 4.69) is 0 Å². The summed E-state index contributed by atoms with van der Waals surface area (Å²) in [6.07, 6.45) is 2.72. The SMILES string of the molecule is O=C(Cc1ccc(F)c(F)c1)N1CCC(=O)N(CC2CC2)CC1. The average molecular weight is 322 g/mol. The van der Waals surface area contributed by atoms with E-state index in [1.807, 2.05) is 4.90 Å². The Kier molecular flexibility index (Phi) is 4.59. The van der Waals surface area contributed by atoms with Crippen molar-refractivity contribution >= 4 is 11.8 Å². The number of nitrogens with zero attached hydrogens (tertiary/aromatic N) is 2. The van der Waals surface area contributed by atoms with Crippen LogP contribution in [0.5, 0.6) is 0 Å². The lowest BCUT2D eigenvalue weighted by Crippen LogP contribution is -2.37. The standard InChI is InChI=1S/C17H20F2N2O2/c18-14-4-3-13(9-15(14)19)10-17(23)20-6-5-16(22)21(8-7-20)11-12-1-2-12/h3-4,9,12H,1-2,5-8,10-11H2. The molecule has 1 saturated heterocycles. The number of amides is 2. The normalized spacial score (nSPS) is 19.0. The van der Waals surface area contributed by atoms with Crippen molar-refractivity contribution < 1.29 is 18.4 Å². The monoisotopic (exact) mass is 322 g/mol. The molecule has 0 N–H and O–H groups in total. The van der Waals surface area contributed by atoms with E-state index in [-0.39, 0.29) is 18.2 Å². The van der Waals surface area contributed by atoms with Gasteiger partial charge in [0.05, 0.1) is 6.42 Å². The molecule has 1 aliphatic heterocycles. The van der Waals surface area contributed by atoms with Gasteiger partial charge in [-0.15, -0.1) is 0 Å². The van der Waals surface area contributed by atoms with E-state index in [1.165, 1.54) is 18.9 Å². The zero-order valence-electron chi connectivity index (χ0n) is 12.9. The topological polar surface area (TPSA) is 40.6 Å². The minimum Gasteiger partial charge on any atom is -0.341 e. The summed E-state index contributed by atoms with van der Waals surface area (Å²) in [7, 11) is 0. The Balaban J connectivity index is 1.58. The summed E-state index contributed by atoms with van der Waals surface area (Å²) in [4.78, 5) is 27.9. The van der Waals surface area contributed by atoms with E-state index < -0.39 is 11.6 Å². The highest BCUT2D eigenvalue weighted by Crippen LogP contribution is 2.30. The summed E-state index contributed by atoms with van der Waals surface area (Å²) >= 11 is 0. The van der Waals surface area contributed by atoms with Crippen molar-refractivity contribution in [2.75, 3.05) is 26.2 Å². The van der Waals surface area contributed by atoms with Crippen LogP contribution in [0, 0.1) is 17.6 Å². The van der Waals surface area contributed by atoms with E-state index in [4.69, 9.17) is 0 Å². The fourth-order valence-corrected chi connectivity index (χ4v) is 2.86. The molecule has 2 aliphatic rings. The summed E-state index contributed by atoms with van der Waals surface area (Å²) in [5.74, 6) is -1.30. The van der Waals surface area contributed by atoms with Gasteiger partial charge >= 0.3 is 0 Å². The molecule has 0 atom stereocenters. The van der Waals surface area contributed by atoms with Gasteiger partial charge in [-0.3, -0.25) is 9.59 Å². The van der Waals surface area contributed by atoms with Crippen LogP contribution in [0.4, 0.5) is 8.78 Å². The number of benzene rings is 1. The first kappa shape index (κ1) is 15.9. The van der Waals surface area contributed by atoms with Crippen molar-refractivity contribution in [2.45, 2.75) is 25.7 Å². The highest BCUT2D eigenvalue weighted by molar-refractivity contribution is 5.81. The highest BCUT2D eigenvalue weighted by Gasteiger charge is 2.29. The zero-order valence-corrected chi connectivity index (χ0v) is 12.9. The second kappa shape index (κ2) is 6.64. The average Bonchev–Trinajstić information content (AvgIpc) is 3.34. The molecule has 1 saturated carbocycles. The number of carbonyl (C=O) groups excluding carboxylic acids is 2. The molecular formula is C17H20F2N2O2. The number of halogens is 2. The van der Waals surface area contributed by atoms with Crippen LogP contribution >= 0.6 is 0 Å². The summed E-state index contributed by atoms with van der Waals surface area (Å²) in [6.45, 7) is 2.24. The summed E-state index contributed by atoms with van der Waals surface area (Å²) < 4.78 is 26.1. The fraction of sp³-hybridized carbons (Fsp3) is 0.529. The third kappa shape index (κ3) is 4.06. The van der Waals surface area contributed by atoms with Crippen LogP contribution in [-0.2, 0) is 16.0 Å². The van der Waals surface area contributed by atoms with Gasteiger partial charge in [0.1, 0.15) is 0 Å². The predicted octanol–water partition coefficient (Wildman–Crippen LogP) is 1.98. The molecule has 0 spiro atoms. The third-order valence-corrected chi connectivity index (χ3v) is 4.46. The van der Waals surface area contributed by atoms with Gasteiger partial charge < -0.3 is 9.80 Å². The zero-order chi connectivity index (χ0) is 16.4. The molecule has 3 rings (SSSR count). The van der Waals surface area contributed by atoms with Crippen LogP contribution < -0.4 is 0 Å². The second-order valence-electron chi connectivity index (χ2n) is 6.34. The molecule has 4 nitrogen and oxygen atoms in total. The van der Waals surface area contributed by atoms with E-state index in [0.717, 1.165) is 18.7 Å². The third-order valence-electron chi connectivity index (χ3n) is 4.46. The fourth-order valence-electron chi connectivity index (χ4n) is 2.86. The Morgan fingerprint density at radius 1 is 1.13 bits per heavy atom. The van der Waals surface area contributed by atoms with Crippen LogP contribution in [-0.4, -0.2) is 47.8 Å².